The fraction of sp³-hybridized carbons (Fsp3) is 1.00. The Labute approximate surface area is 54.4 Å². The minimum Gasteiger partial charge on any atom is -0.218 e. The van der Waals surface area contributed by atoms with Crippen LogP contribution >= 0.6 is 12.4 Å². The molecule has 3 nitrogen and oxygen atoms in total. The Morgan fingerprint density at radius 2 is 2.12 bits per heavy atom. The number of hydrogen-bond acceptors (Lipinski definition) is 3. The lowest BCUT2D eigenvalue weighted by atomic mass is 10.5. The van der Waals surface area contributed by atoms with Gasteiger partial charge in [0.15, 0.2) is 0 Å². The van der Waals surface area contributed by atoms with Crippen molar-refractivity contribution in [2.24, 2.45) is 11.8 Å². The van der Waals surface area contributed by atoms with Crippen molar-refractivity contribution in [3.8, 4) is 0 Å². The van der Waals surface area contributed by atoms with Crippen molar-refractivity contribution in [3.63, 3.8) is 0 Å². The molecule has 0 unspecified atom stereocenters. The van der Waals surface area contributed by atoms with Crippen LogP contribution < -0.4 is 5.90 Å². The van der Waals surface area contributed by atoms with Gasteiger partial charge in [-0.25, -0.2) is 4.89 Å². The van der Waals surface area contributed by atoms with Crippen molar-refractivity contribution in [2.45, 2.75) is 12.8 Å². The summed E-state index contributed by atoms with van der Waals surface area (Å²) in [6, 6.07) is 0. The van der Waals surface area contributed by atoms with Crippen LogP contribution in [-0.4, -0.2) is 6.61 Å². The van der Waals surface area contributed by atoms with Crippen LogP contribution in [0.25, 0.3) is 0 Å². The Morgan fingerprint density at radius 3 is 2.50 bits per heavy atom. The molecule has 0 aromatic heterocycles. The van der Waals surface area contributed by atoms with Gasteiger partial charge in [-0.2, -0.15) is 5.90 Å². The van der Waals surface area contributed by atoms with Crippen LogP contribution in [-0.2, 0) is 9.88 Å². The second-order valence-electron chi connectivity index (χ2n) is 1.82. The van der Waals surface area contributed by atoms with Gasteiger partial charge in [0.25, 0.3) is 0 Å². The molecule has 8 heavy (non-hydrogen) atoms. The number of hydrogen-bond donors (Lipinski definition) is 1. The molecule has 1 fully saturated rings. The molecule has 0 radical (unpaired) electrons. The van der Waals surface area contributed by atoms with Crippen LogP contribution in [0.2, 0.25) is 0 Å². The summed E-state index contributed by atoms with van der Waals surface area (Å²) in [6.07, 6.45) is 2.53. The zero-order valence-electron chi connectivity index (χ0n) is 4.50. The summed E-state index contributed by atoms with van der Waals surface area (Å²) in [6.45, 7) is 0.663. The molecule has 0 aliphatic heterocycles. The molecule has 0 aromatic carbocycles. The molecule has 0 atom stereocenters. The maximum absolute atomic E-state index is 4.58. The van der Waals surface area contributed by atoms with E-state index in [0.29, 0.717) is 6.61 Å². The summed E-state index contributed by atoms with van der Waals surface area (Å²) in [5, 5.41) is 0. The molecule has 4 heteroatoms. The first kappa shape index (κ1) is 8.17. The van der Waals surface area contributed by atoms with E-state index in [-0.39, 0.29) is 12.4 Å². The van der Waals surface area contributed by atoms with Gasteiger partial charge in [0, 0.05) is 0 Å². The van der Waals surface area contributed by atoms with Gasteiger partial charge in [-0.05, 0) is 18.8 Å². The fourth-order valence-corrected chi connectivity index (χ4v) is 0.420. The third-order valence-corrected chi connectivity index (χ3v) is 1.07. The van der Waals surface area contributed by atoms with E-state index in [1.54, 1.807) is 0 Å². The van der Waals surface area contributed by atoms with Crippen LogP contribution in [0.1, 0.15) is 12.8 Å². The topological polar surface area (TPSA) is 44.5 Å². The fourth-order valence-electron chi connectivity index (χ4n) is 0.420. The number of rotatable bonds is 3. The van der Waals surface area contributed by atoms with Gasteiger partial charge in [0.1, 0.15) is 0 Å². The maximum atomic E-state index is 4.58. The van der Waals surface area contributed by atoms with Gasteiger partial charge < -0.3 is 0 Å². The predicted octanol–water partition coefficient (Wildman–Crippen LogP) is 0.640. The third-order valence-electron chi connectivity index (χ3n) is 1.07. The Morgan fingerprint density at radius 1 is 1.50 bits per heavy atom. The molecular formula is C4H10ClNO2. The molecule has 2 N–H and O–H groups in total. The average molecular weight is 140 g/mol. The predicted molar refractivity (Wildman–Crippen MR) is 31.2 cm³/mol. The van der Waals surface area contributed by atoms with E-state index < -0.39 is 0 Å². The minimum absolute atomic E-state index is 0. The molecule has 50 valence electrons. The highest BCUT2D eigenvalue weighted by molar-refractivity contribution is 5.85. The zero-order chi connectivity index (χ0) is 5.11. The van der Waals surface area contributed by atoms with E-state index in [1.165, 1.54) is 12.8 Å². The summed E-state index contributed by atoms with van der Waals surface area (Å²) in [5.41, 5.74) is 0. The van der Waals surface area contributed by atoms with Gasteiger partial charge in [-0.15, -0.1) is 17.4 Å². The van der Waals surface area contributed by atoms with Crippen molar-refractivity contribution < 1.29 is 9.88 Å². The van der Waals surface area contributed by atoms with Crippen molar-refractivity contribution in [1.82, 2.24) is 0 Å². The second-order valence-corrected chi connectivity index (χ2v) is 1.82. The molecule has 0 saturated heterocycles. The van der Waals surface area contributed by atoms with E-state index in [4.69, 9.17) is 0 Å². The van der Waals surface area contributed by atoms with Crippen LogP contribution in [0.5, 0.6) is 0 Å². The van der Waals surface area contributed by atoms with Gasteiger partial charge >= 0.3 is 0 Å². The summed E-state index contributed by atoms with van der Waals surface area (Å²) >= 11 is 0. The summed E-state index contributed by atoms with van der Waals surface area (Å²) in [5.74, 6) is 5.31. The molecular weight excluding hydrogens is 130 g/mol. The molecule has 0 bridgehead atoms. The molecule has 1 saturated carbocycles. The Kier molecular flexibility index (Phi) is 4.18. The zero-order valence-corrected chi connectivity index (χ0v) is 5.32. The van der Waals surface area contributed by atoms with Gasteiger partial charge in [0.2, 0.25) is 0 Å². The first-order chi connectivity index (χ1) is 3.43. The Balaban J connectivity index is 0.000000490. The summed E-state index contributed by atoms with van der Waals surface area (Å²) in [7, 11) is 0. The van der Waals surface area contributed by atoms with Gasteiger partial charge in [-0.3, -0.25) is 0 Å². The van der Waals surface area contributed by atoms with Crippen molar-refractivity contribution in [3.05, 3.63) is 0 Å². The van der Waals surface area contributed by atoms with Crippen molar-refractivity contribution in [2.75, 3.05) is 6.61 Å². The van der Waals surface area contributed by atoms with Gasteiger partial charge in [0.05, 0.1) is 6.61 Å². The van der Waals surface area contributed by atoms with Crippen LogP contribution in [0.3, 0.4) is 0 Å². The highest BCUT2D eigenvalue weighted by Gasteiger charge is 2.21. The summed E-state index contributed by atoms with van der Waals surface area (Å²) in [4.78, 5) is 8.33. The third kappa shape index (κ3) is 3.21. The molecule has 1 aliphatic carbocycles. The smallest absolute Gasteiger partial charge is 0.0870 e. The lowest BCUT2D eigenvalue weighted by Gasteiger charge is -1.91. The first-order valence-electron chi connectivity index (χ1n) is 2.42. The SMILES string of the molecule is Cl.NOOCC1CC1. The quantitative estimate of drug-likeness (QED) is 0.461. The molecule has 0 heterocycles. The van der Waals surface area contributed by atoms with Crippen molar-refractivity contribution >= 4 is 12.4 Å². The van der Waals surface area contributed by atoms with Gasteiger partial charge in [-0.1, -0.05) is 0 Å². The van der Waals surface area contributed by atoms with Crippen LogP contribution in [0, 0.1) is 5.92 Å². The maximum Gasteiger partial charge on any atom is 0.0870 e. The van der Waals surface area contributed by atoms with E-state index in [1.807, 2.05) is 0 Å². The van der Waals surface area contributed by atoms with E-state index >= 15 is 0 Å². The Hall–Kier alpha value is 0.170. The highest BCUT2D eigenvalue weighted by Crippen LogP contribution is 2.28. The normalized spacial score (nSPS) is 17.6. The van der Waals surface area contributed by atoms with Crippen molar-refractivity contribution in [1.29, 1.82) is 0 Å². The molecule has 1 rings (SSSR count). The lowest BCUT2D eigenvalue weighted by Crippen LogP contribution is -2.02. The molecule has 0 aromatic rings. The average Bonchev–Trinajstić information content (AvgIpc) is 2.42. The number of halogens is 1. The van der Waals surface area contributed by atoms with E-state index in [0.717, 1.165) is 5.92 Å². The molecule has 1 aliphatic rings. The summed E-state index contributed by atoms with van der Waals surface area (Å²) < 4.78 is 0. The lowest BCUT2D eigenvalue weighted by molar-refractivity contribution is -0.302. The van der Waals surface area contributed by atoms with Crippen LogP contribution in [0.4, 0.5) is 0 Å². The highest BCUT2D eigenvalue weighted by atomic mass is 35.5. The first-order valence-corrected chi connectivity index (χ1v) is 2.42. The largest absolute Gasteiger partial charge is 0.218 e. The standard InChI is InChI=1S/C4H9NO2.ClH/c5-7-6-3-4-1-2-4;/h4H,1-3,5H2;1H. The van der Waals surface area contributed by atoms with E-state index in [9.17, 15) is 0 Å². The number of nitrogens with two attached hydrogens (primary N) is 1. The Bertz CT molecular complexity index is 58.0. The van der Waals surface area contributed by atoms with Crippen LogP contribution in [0.15, 0.2) is 0 Å². The second kappa shape index (κ2) is 4.09. The minimum atomic E-state index is 0. The van der Waals surface area contributed by atoms with E-state index in [2.05, 4.69) is 15.8 Å². The molecule has 0 amide bonds. The molecule has 0 spiro atoms. The monoisotopic (exact) mass is 139 g/mol.